The predicted octanol–water partition coefficient (Wildman–Crippen LogP) is 3.27. The molecule has 0 atom stereocenters. The summed E-state index contributed by atoms with van der Waals surface area (Å²) in [6.45, 7) is 5.37. The molecule has 0 bridgehead atoms. The zero-order valence-electron chi connectivity index (χ0n) is 12.3. The summed E-state index contributed by atoms with van der Waals surface area (Å²) < 4.78 is 11.7. The molecule has 0 saturated carbocycles. The van der Waals surface area contributed by atoms with E-state index in [1.54, 1.807) is 0 Å². The standard InChI is InChI=1S/C17H25NO2/c1-2-10-18(11-3-1)12-6-14-20-17-9-4-8-16-15(17)7-5-13-19-16/h4,8-9H,1-3,5-7,10-14H2. The minimum atomic E-state index is 0.812. The van der Waals surface area contributed by atoms with Gasteiger partial charge in [-0.1, -0.05) is 12.5 Å². The van der Waals surface area contributed by atoms with Crippen molar-refractivity contribution in [3.8, 4) is 11.5 Å². The highest BCUT2D eigenvalue weighted by molar-refractivity contribution is 5.45. The van der Waals surface area contributed by atoms with E-state index in [0.717, 1.165) is 44.0 Å². The van der Waals surface area contributed by atoms with Crippen LogP contribution in [0.25, 0.3) is 0 Å². The van der Waals surface area contributed by atoms with Crippen LogP contribution in [0.15, 0.2) is 18.2 Å². The second-order valence-corrected chi connectivity index (χ2v) is 5.79. The third-order valence-electron chi connectivity index (χ3n) is 4.24. The Hall–Kier alpha value is -1.22. The normalized spacial score (nSPS) is 19.2. The highest BCUT2D eigenvalue weighted by Gasteiger charge is 2.15. The molecule has 1 aromatic rings. The first-order chi connectivity index (χ1) is 9.93. The monoisotopic (exact) mass is 275 g/mol. The lowest BCUT2D eigenvalue weighted by atomic mass is 10.1. The van der Waals surface area contributed by atoms with Crippen molar-refractivity contribution < 1.29 is 9.47 Å². The van der Waals surface area contributed by atoms with Gasteiger partial charge in [0.15, 0.2) is 0 Å². The number of hydrogen-bond donors (Lipinski definition) is 0. The number of benzene rings is 1. The summed E-state index contributed by atoms with van der Waals surface area (Å²) in [6.07, 6.45) is 7.43. The van der Waals surface area contributed by atoms with E-state index in [2.05, 4.69) is 17.0 Å². The van der Waals surface area contributed by atoms with Gasteiger partial charge in [-0.2, -0.15) is 0 Å². The average Bonchev–Trinajstić information content (AvgIpc) is 2.53. The maximum absolute atomic E-state index is 5.99. The summed E-state index contributed by atoms with van der Waals surface area (Å²) in [5.41, 5.74) is 1.26. The lowest BCUT2D eigenvalue weighted by Crippen LogP contribution is -2.31. The van der Waals surface area contributed by atoms with Gasteiger partial charge in [-0.15, -0.1) is 0 Å². The quantitative estimate of drug-likeness (QED) is 0.770. The maximum atomic E-state index is 5.99. The molecule has 20 heavy (non-hydrogen) atoms. The van der Waals surface area contributed by atoms with E-state index >= 15 is 0 Å². The summed E-state index contributed by atoms with van der Waals surface area (Å²) in [5, 5.41) is 0. The van der Waals surface area contributed by atoms with E-state index in [-0.39, 0.29) is 0 Å². The molecule has 1 aromatic carbocycles. The fourth-order valence-electron chi connectivity index (χ4n) is 3.15. The molecule has 0 N–H and O–H groups in total. The molecule has 0 spiro atoms. The third kappa shape index (κ3) is 3.45. The van der Waals surface area contributed by atoms with Crippen molar-refractivity contribution in [2.75, 3.05) is 32.8 Å². The van der Waals surface area contributed by atoms with Crippen LogP contribution in [0.4, 0.5) is 0 Å². The summed E-state index contributed by atoms with van der Waals surface area (Å²) in [4.78, 5) is 2.57. The first-order valence-electron chi connectivity index (χ1n) is 8.03. The van der Waals surface area contributed by atoms with Crippen molar-refractivity contribution >= 4 is 0 Å². The van der Waals surface area contributed by atoms with Gasteiger partial charge in [0, 0.05) is 12.1 Å². The molecule has 0 unspecified atom stereocenters. The van der Waals surface area contributed by atoms with Crippen molar-refractivity contribution in [3.05, 3.63) is 23.8 Å². The van der Waals surface area contributed by atoms with E-state index in [9.17, 15) is 0 Å². The second-order valence-electron chi connectivity index (χ2n) is 5.79. The molecule has 2 aliphatic heterocycles. The fourth-order valence-corrected chi connectivity index (χ4v) is 3.15. The number of nitrogens with zero attached hydrogens (tertiary/aromatic N) is 1. The van der Waals surface area contributed by atoms with E-state index in [1.807, 2.05) is 6.07 Å². The van der Waals surface area contributed by atoms with Crippen LogP contribution < -0.4 is 9.47 Å². The Labute approximate surface area is 121 Å². The third-order valence-corrected chi connectivity index (χ3v) is 4.24. The van der Waals surface area contributed by atoms with Crippen LogP contribution in [-0.4, -0.2) is 37.7 Å². The van der Waals surface area contributed by atoms with Crippen LogP contribution >= 0.6 is 0 Å². The van der Waals surface area contributed by atoms with E-state index in [4.69, 9.17) is 9.47 Å². The number of rotatable bonds is 5. The highest BCUT2D eigenvalue weighted by Crippen LogP contribution is 2.32. The molecular weight excluding hydrogens is 250 g/mol. The van der Waals surface area contributed by atoms with Crippen molar-refractivity contribution in [2.24, 2.45) is 0 Å². The molecule has 0 aliphatic carbocycles. The smallest absolute Gasteiger partial charge is 0.126 e. The fraction of sp³-hybridized carbons (Fsp3) is 0.647. The Morgan fingerprint density at radius 3 is 2.90 bits per heavy atom. The Morgan fingerprint density at radius 1 is 1.10 bits per heavy atom. The molecule has 2 aliphatic rings. The number of ether oxygens (including phenoxy) is 2. The molecule has 3 heteroatoms. The summed E-state index contributed by atoms with van der Waals surface area (Å²) in [5.74, 6) is 2.05. The number of likely N-dealkylation sites (tertiary alicyclic amines) is 1. The zero-order valence-corrected chi connectivity index (χ0v) is 12.3. The summed E-state index contributed by atoms with van der Waals surface area (Å²) >= 11 is 0. The summed E-state index contributed by atoms with van der Waals surface area (Å²) in [6, 6.07) is 6.16. The molecule has 3 nitrogen and oxygen atoms in total. The van der Waals surface area contributed by atoms with Crippen molar-refractivity contribution in [2.45, 2.75) is 38.5 Å². The Kier molecular flexibility index (Phi) is 4.80. The van der Waals surface area contributed by atoms with Gasteiger partial charge < -0.3 is 14.4 Å². The number of piperidine rings is 1. The van der Waals surface area contributed by atoms with Gasteiger partial charge in [0.25, 0.3) is 0 Å². The van der Waals surface area contributed by atoms with Gasteiger partial charge in [-0.05, 0) is 57.3 Å². The van der Waals surface area contributed by atoms with Crippen LogP contribution in [0, 0.1) is 0 Å². The lowest BCUT2D eigenvalue weighted by molar-refractivity contribution is 0.203. The Bertz CT molecular complexity index is 427. The first-order valence-corrected chi connectivity index (χ1v) is 8.03. The van der Waals surface area contributed by atoms with Gasteiger partial charge in [-0.25, -0.2) is 0 Å². The minimum absolute atomic E-state index is 0.812. The van der Waals surface area contributed by atoms with Gasteiger partial charge in [-0.3, -0.25) is 0 Å². The predicted molar refractivity (Wildman–Crippen MR) is 80.7 cm³/mol. The van der Waals surface area contributed by atoms with Crippen LogP contribution in [-0.2, 0) is 6.42 Å². The van der Waals surface area contributed by atoms with E-state index < -0.39 is 0 Å². The molecule has 3 rings (SSSR count). The minimum Gasteiger partial charge on any atom is -0.493 e. The van der Waals surface area contributed by atoms with Gasteiger partial charge in [0.05, 0.1) is 13.2 Å². The number of hydrogen-bond acceptors (Lipinski definition) is 3. The number of fused-ring (bicyclic) bond motifs is 1. The zero-order chi connectivity index (χ0) is 13.6. The molecule has 1 saturated heterocycles. The van der Waals surface area contributed by atoms with Crippen LogP contribution in [0.3, 0.4) is 0 Å². The van der Waals surface area contributed by atoms with Crippen molar-refractivity contribution in [3.63, 3.8) is 0 Å². The van der Waals surface area contributed by atoms with Crippen molar-refractivity contribution in [1.82, 2.24) is 4.90 Å². The van der Waals surface area contributed by atoms with Crippen LogP contribution in [0.1, 0.15) is 37.7 Å². The Morgan fingerprint density at radius 2 is 2.00 bits per heavy atom. The van der Waals surface area contributed by atoms with Crippen molar-refractivity contribution in [1.29, 1.82) is 0 Å². The average molecular weight is 275 g/mol. The highest BCUT2D eigenvalue weighted by atomic mass is 16.5. The van der Waals surface area contributed by atoms with Gasteiger partial charge >= 0.3 is 0 Å². The Balaban J connectivity index is 1.46. The second kappa shape index (κ2) is 6.98. The van der Waals surface area contributed by atoms with E-state index in [0.29, 0.717) is 0 Å². The molecular formula is C17H25NO2. The molecule has 0 amide bonds. The van der Waals surface area contributed by atoms with Crippen LogP contribution in [0.5, 0.6) is 11.5 Å². The van der Waals surface area contributed by atoms with Gasteiger partial charge in [0.2, 0.25) is 0 Å². The molecule has 110 valence electrons. The lowest BCUT2D eigenvalue weighted by Gasteiger charge is -2.26. The van der Waals surface area contributed by atoms with Crippen LogP contribution in [0.2, 0.25) is 0 Å². The summed E-state index contributed by atoms with van der Waals surface area (Å²) in [7, 11) is 0. The SMILES string of the molecule is c1cc2c(c(OCCCN3CCCCC3)c1)CCCO2. The largest absolute Gasteiger partial charge is 0.493 e. The first kappa shape index (κ1) is 13.7. The molecule has 1 fully saturated rings. The topological polar surface area (TPSA) is 21.7 Å². The molecule has 0 radical (unpaired) electrons. The molecule has 2 heterocycles. The van der Waals surface area contributed by atoms with E-state index in [1.165, 1.54) is 44.5 Å². The molecule has 0 aromatic heterocycles. The maximum Gasteiger partial charge on any atom is 0.126 e. The van der Waals surface area contributed by atoms with Gasteiger partial charge in [0.1, 0.15) is 11.5 Å².